The highest BCUT2D eigenvalue weighted by atomic mass is 35.5. The summed E-state index contributed by atoms with van der Waals surface area (Å²) in [4.78, 5) is 50.6. The maximum atomic E-state index is 13.6. The molecule has 36 heavy (non-hydrogen) atoms. The van der Waals surface area contributed by atoms with Crippen molar-refractivity contribution in [3.8, 4) is 5.75 Å². The molecule has 12 heteroatoms. The van der Waals surface area contributed by atoms with Crippen molar-refractivity contribution in [2.24, 2.45) is 5.41 Å². The second-order valence-electron chi connectivity index (χ2n) is 8.91. The fourth-order valence-electron chi connectivity index (χ4n) is 4.60. The van der Waals surface area contributed by atoms with E-state index >= 15 is 0 Å². The molecule has 0 aromatic heterocycles. The molecular formula is C24H21Cl2F2N3O5. The molecule has 3 saturated carbocycles. The standard InChI is InChI=1S/C24H21Cl2F2N3O5/c25-15-3-1-13(9-17(15)27)21(34)30-31-22(35)24-7-5-23(6-8-24,11-19(24)32)29-20(33)12-36-14-2-4-16(26)18(28)10-14/h1-4,9-10H,5-8,11-12H2,(H,29,33)(H,30,34)(H,31,35). The number of ketones is 1. The van der Waals surface area contributed by atoms with E-state index in [-0.39, 0.29) is 53.0 Å². The van der Waals surface area contributed by atoms with E-state index in [1.54, 1.807) is 0 Å². The van der Waals surface area contributed by atoms with Gasteiger partial charge in [0.05, 0.1) is 10.0 Å². The molecule has 8 nitrogen and oxygen atoms in total. The van der Waals surface area contributed by atoms with Gasteiger partial charge in [-0.15, -0.1) is 0 Å². The summed E-state index contributed by atoms with van der Waals surface area (Å²) < 4.78 is 32.4. The number of benzene rings is 2. The van der Waals surface area contributed by atoms with Crippen molar-refractivity contribution in [2.75, 3.05) is 6.61 Å². The van der Waals surface area contributed by atoms with Crippen LogP contribution in [0.25, 0.3) is 0 Å². The van der Waals surface area contributed by atoms with Crippen LogP contribution in [0.4, 0.5) is 8.78 Å². The first-order chi connectivity index (χ1) is 17.0. The Bertz CT molecular complexity index is 1250. The molecule has 3 aliphatic carbocycles. The molecule has 2 aromatic rings. The smallest absolute Gasteiger partial charge is 0.269 e. The molecule has 3 N–H and O–H groups in total. The number of rotatable bonds is 6. The lowest BCUT2D eigenvalue weighted by Crippen LogP contribution is -2.65. The van der Waals surface area contributed by atoms with Crippen LogP contribution in [-0.4, -0.2) is 35.7 Å². The second kappa shape index (κ2) is 10.0. The van der Waals surface area contributed by atoms with Crippen LogP contribution in [-0.2, 0) is 14.4 Å². The first-order valence-corrected chi connectivity index (χ1v) is 11.8. The number of ether oxygens (including phenoxy) is 1. The van der Waals surface area contributed by atoms with Crippen LogP contribution in [0.5, 0.6) is 5.75 Å². The lowest BCUT2D eigenvalue weighted by atomic mass is 9.56. The second-order valence-corrected chi connectivity index (χ2v) is 9.73. The van der Waals surface area contributed by atoms with Crippen molar-refractivity contribution in [3.63, 3.8) is 0 Å². The van der Waals surface area contributed by atoms with Crippen molar-refractivity contribution in [2.45, 2.75) is 37.6 Å². The van der Waals surface area contributed by atoms with Crippen molar-refractivity contribution >= 4 is 46.7 Å². The predicted octanol–water partition coefficient (Wildman–Crippen LogP) is 3.50. The number of amides is 3. The van der Waals surface area contributed by atoms with Gasteiger partial charge in [0.1, 0.15) is 22.8 Å². The number of Topliss-reactive ketones (excluding diaryl/α,β-unsaturated/α-hetero) is 1. The van der Waals surface area contributed by atoms with Crippen molar-refractivity contribution < 1.29 is 32.7 Å². The van der Waals surface area contributed by atoms with Gasteiger partial charge in [-0.3, -0.25) is 30.0 Å². The third kappa shape index (κ3) is 5.15. The number of nitrogens with one attached hydrogen (secondary N) is 3. The van der Waals surface area contributed by atoms with E-state index in [9.17, 15) is 28.0 Å². The van der Waals surface area contributed by atoms with Gasteiger partial charge in [0.2, 0.25) is 0 Å². The summed E-state index contributed by atoms with van der Waals surface area (Å²) in [6.45, 7) is -0.389. The molecule has 0 radical (unpaired) electrons. The molecule has 2 aromatic carbocycles. The third-order valence-electron chi connectivity index (χ3n) is 6.66. The van der Waals surface area contributed by atoms with Gasteiger partial charge in [0.15, 0.2) is 12.4 Å². The molecule has 2 bridgehead atoms. The largest absolute Gasteiger partial charge is 0.484 e. The molecule has 0 spiro atoms. The topological polar surface area (TPSA) is 114 Å². The first kappa shape index (κ1) is 25.8. The molecule has 5 rings (SSSR count). The van der Waals surface area contributed by atoms with E-state index in [0.29, 0.717) is 12.8 Å². The maximum Gasteiger partial charge on any atom is 0.269 e. The zero-order chi connectivity index (χ0) is 26.1. The van der Waals surface area contributed by atoms with Gasteiger partial charge in [0.25, 0.3) is 17.7 Å². The van der Waals surface area contributed by atoms with Crippen LogP contribution < -0.4 is 20.9 Å². The van der Waals surface area contributed by atoms with Crippen LogP contribution >= 0.6 is 23.2 Å². The number of fused-ring (bicyclic) bond motifs is 3. The number of hydrogen-bond donors (Lipinski definition) is 3. The van der Waals surface area contributed by atoms with Crippen LogP contribution in [0.2, 0.25) is 10.0 Å². The van der Waals surface area contributed by atoms with Crippen LogP contribution in [0.1, 0.15) is 42.5 Å². The lowest BCUT2D eigenvalue weighted by Gasteiger charge is -2.51. The van der Waals surface area contributed by atoms with Gasteiger partial charge in [-0.25, -0.2) is 8.78 Å². The number of halogens is 4. The number of carbonyl (C=O) groups is 4. The minimum atomic E-state index is -1.33. The van der Waals surface area contributed by atoms with Crippen LogP contribution in [0.3, 0.4) is 0 Å². The van der Waals surface area contributed by atoms with Crippen molar-refractivity contribution in [1.29, 1.82) is 0 Å². The molecule has 0 atom stereocenters. The number of hydrazine groups is 1. The molecule has 0 saturated heterocycles. The third-order valence-corrected chi connectivity index (χ3v) is 7.28. The highest BCUT2D eigenvalue weighted by Crippen LogP contribution is 2.50. The number of carbonyl (C=O) groups excluding carboxylic acids is 4. The van der Waals surface area contributed by atoms with Crippen molar-refractivity contribution in [1.82, 2.24) is 16.2 Å². The first-order valence-electron chi connectivity index (χ1n) is 11.0. The van der Waals surface area contributed by atoms with Crippen LogP contribution in [0.15, 0.2) is 36.4 Å². The van der Waals surface area contributed by atoms with E-state index in [4.69, 9.17) is 27.9 Å². The summed E-state index contributed by atoms with van der Waals surface area (Å²) in [5, 5.41) is 2.61. The zero-order valence-electron chi connectivity index (χ0n) is 18.8. The van der Waals surface area contributed by atoms with Gasteiger partial charge in [0, 0.05) is 23.6 Å². The van der Waals surface area contributed by atoms with E-state index in [2.05, 4.69) is 16.2 Å². The summed E-state index contributed by atoms with van der Waals surface area (Å²) in [7, 11) is 0. The van der Waals surface area contributed by atoms with Crippen LogP contribution in [0, 0.1) is 17.0 Å². The highest BCUT2D eigenvalue weighted by molar-refractivity contribution is 6.31. The minimum absolute atomic E-state index is 0.0569. The van der Waals surface area contributed by atoms with Gasteiger partial charge in [-0.2, -0.15) is 0 Å². The zero-order valence-corrected chi connectivity index (χ0v) is 20.3. The summed E-state index contributed by atoms with van der Waals surface area (Å²) in [6, 6.07) is 7.24. The molecule has 0 unspecified atom stereocenters. The summed E-state index contributed by atoms with van der Waals surface area (Å²) in [5.41, 5.74) is 2.27. The molecule has 0 aliphatic heterocycles. The molecule has 3 aliphatic rings. The summed E-state index contributed by atoms with van der Waals surface area (Å²) in [5.74, 6) is -3.60. The minimum Gasteiger partial charge on any atom is -0.484 e. The Morgan fingerprint density at radius 2 is 1.56 bits per heavy atom. The lowest BCUT2D eigenvalue weighted by molar-refractivity contribution is -0.153. The predicted molar refractivity (Wildman–Crippen MR) is 125 cm³/mol. The van der Waals surface area contributed by atoms with Gasteiger partial charge >= 0.3 is 0 Å². The Morgan fingerprint density at radius 1 is 0.917 bits per heavy atom. The number of hydrogen-bond acceptors (Lipinski definition) is 5. The molecule has 190 valence electrons. The highest BCUT2D eigenvalue weighted by Gasteiger charge is 2.58. The Hall–Kier alpha value is -3.24. The van der Waals surface area contributed by atoms with E-state index in [1.165, 1.54) is 24.3 Å². The van der Waals surface area contributed by atoms with Gasteiger partial charge in [-0.05, 0) is 56.0 Å². The summed E-state index contributed by atoms with van der Waals surface area (Å²) >= 11 is 11.2. The molecular weight excluding hydrogens is 519 g/mol. The quantitative estimate of drug-likeness (QED) is 0.384. The Kier molecular flexibility index (Phi) is 7.19. The van der Waals surface area contributed by atoms with Gasteiger partial charge in [-0.1, -0.05) is 23.2 Å². The maximum absolute atomic E-state index is 13.6. The normalized spacial score (nSPS) is 22.6. The molecule has 3 fully saturated rings. The Labute approximate surface area is 214 Å². The average Bonchev–Trinajstić information content (AvgIpc) is 2.85. The fraction of sp³-hybridized carbons (Fsp3) is 0.333. The summed E-state index contributed by atoms with van der Waals surface area (Å²) in [6.07, 6.45) is 1.02. The molecule has 0 heterocycles. The molecule has 3 amide bonds. The van der Waals surface area contributed by atoms with Crippen molar-refractivity contribution in [3.05, 3.63) is 63.6 Å². The van der Waals surface area contributed by atoms with E-state index in [0.717, 1.165) is 12.1 Å². The Balaban J connectivity index is 1.31. The van der Waals surface area contributed by atoms with E-state index < -0.39 is 40.3 Å². The SMILES string of the molecule is O=C(COc1ccc(Cl)c(F)c1)NC12CCC(C(=O)NNC(=O)c3ccc(Cl)c(F)c3)(CC1)C(=O)C2. The Morgan fingerprint density at radius 3 is 2.17 bits per heavy atom. The fourth-order valence-corrected chi connectivity index (χ4v) is 4.84. The van der Waals surface area contributed by atoms with Gasteiger partial charge < -0.3 is 10.1 Å². The van der Waals surface area contributed by atoms with E-state index in [1.807, 2.05) is 0 Å². The average molecular weight is 540 g/mol. The monoisotopic (exact) mass is 539 g/mol.